The van der Waals surface area contributed by atoms with Crippen LogP contribution in [0, 0.1) is 0 Å². The summed E-state index contributed by atoms with van der Waals surface area (Å²) in [6, 6.07) is 23.4. The molecule has 1 fully saturated rings. The molecule has 1 heterocycles. The molecule has 1 spiro atoms. The maximum Gasteiger partial charge on any atom is 0.325 e. The molecule has 166 valence electrons. The summed E-state index contributed by atoms with van der Waals surface area (Å²) < 4.78 is 0. The van der Waals surface area contributed by atoms with Gasteiger partial charge in [-0.25, -0.2) is 4.79 Å². The zero-order valence-electron chi connectivity index (χ0n) is 17.8. The number of imide groups is 1. The summed E-state index contributed by atoms with van der Waals surface area (Å²) in [7, 11) is 0. The lowest BCUT2D eigenvalue weighted by Gasteiger charge is -2.23. The number of carbonyl (C=O) groups excluding carboxylic acids is 3. The number of hydrogen-bond donors (Lipinski definition) is 2. The summed E-state index contributed by atoms with van der Waals surface area (Å²) in [5.74, 6) is -0.805. The van der Waals surface area contributed by atoms with Gasteiger partial charge in [-0.2, -0.15) is 0 Å². The number of rotatable bonds is 5. The smallest absolute Gasteiger partial charge is 0.325 e. The molecule has 3 aromatic carbocycles. The highest BCUT2D eigenvalue weighted by Gasteiger charge is 2.55. The lowest BCUT2D eigenvalue weighted by Crippen LogP contribution is -2.44. The van der Waals surface area contributed by atoms with Crippen LogP contribution in [0.3, 0.4) is 0 Å². The number of urea groups is 1. The summed E-state index contributed by atoms with van der Waals surface area (Å²) in [6.45, 7) is -0.356. The van der Waals surface area contributed by atoms with Gasteiger partial charge in [0.05, 0.1) is 6.04 Å². The molecule has 1 saturated heterocycles. The van der Waals surface area contributed by atoms with Crippen LogP contribution in [0.1, 0.15) is 34.7 Å². The fourth-order valence-corrected chi connectivity index (χ4v) is 4.87. The Morgan fingerprint density at radius 1 is 0.970 bits per heavy atom. The molecular weight excluding hydrogens is 438 g/mol. The van der Waals surface area contributed by atoms with Crippen LogP contribution in [-0.2, 0) is 21.5 Å². The summed E-state index contributed by atoms with van der Waals surface area (Å²) in [5, 5.41) is 6.43. The van der Waals surface area contributed by atoms with Crippen molar-refractivity contribution in [1.29, 1.82) is 0 Å². The van der Waals surface area contributed by atoms with E-state index in [1.165, 1.54) is 0 Å². The first kappa shape index (κ1) is 21.2. The van der Waals surface area contributed by atoms with Crippen molar-refractivity contribution in [3.63, 3.8) is 0 Å². The van der Waals surface area contributed by atoms with Crippen molar-refractivity contribution < 1.29 is 14.4 Å². The van der Waals surface area contributed by atoms with Crippen LogP contribution >= 0.6 is 11.6 Å². The van der Waals surface area contributed by atoms with Gasteiger partial charge in [0.2, 0.25) is 5.91 Å². The van der Waals surface area contributed by atoms with Gasteiger partial charge in [0.25, 0.3) is 5.91 Å². The van der Waals surface area contributed by atoms with E-state index in [9.17, 15) is 14.4 Å². The molecule has 2 atom stereocenters. The van der Waals surface area contributed by atoms with E-state index in [0.29, 0.717) is 17.9 Å². The predicted octanol–water partition coefficient (Wildman–Crippen LogP) is 3.94. The van der Waals surface area contributed by atoms with E-state index in [1.54, 1.807) is 12.1 Å². The van der Waals surface area contributed by atoms with Crippen molar-refractivity contribution in [3.8, 4) is 0 Å². The van der Waals surface area contributed by atoms with E-state index in [2.05, 4.69) is 10.6 Å². The van der Waals surface area contributed by atoms with Crippen LogP contribution in [0.5, 0.6) is 0 Å². The number of halogens is 1. The maximum atomic E-state index is 13.3. The van der Waals surface area contributed by atoms with Gasteiger partial charge in [0, 0.05) is 5.02 Å². The van der Waals surface area contributed by atoms with E-state index < -0.39 is 23.5 Å². The molecule has 0 saturated carbocycles. The van der Waals surface area contributed by atoms with Crippen molar-refractivity contribution in [1.82, 2.24) is 15.5 Å². The number of aryl methyl sites for hydroxylation is 1. The molecule has 4 amide bonds. The quantitative estimate of drug-likeness (QED) is 0.567. The van der Waals surface area contributed by atoms with E-state index in [0.717, 1.165) is 27.2 Å². The molecule has 0 radical (unpaired) electrons. The Morgan fingerprint density at radius 3 is 2.39 bits per heavy atom. The van der Waals surface area contributed by atoms with Crippen molar-refractivity contribution in [2.45, 2.75) is 24.4 Å². The first-order valence-corrected chi connectivity index (χ1v) is 11.2. The number of nitrogens with one attached hydrogen (secondary N) is 2. The Balaban J connectivity index is 1.37. The summed E-state index contributed by atoms with van der Waals surface area (Å²) in [5.41, 5.74) is 2.51. The first-order valence-electron chi connectivity index (χ1n) is 10.8. The number of benzene rings is 3. The van der Waals surface area contributed by atoms with E-state index >= 15 is 0 Å². The lowest BCUT2D eigenvalue weighted by atomic mass is 9.92. The number of fused-ring (bicyclic) bond motifs is 2. The predicted molar refractivity (Wildman–Crippen MR) is 125 cm³/mol. The Bertz CT molecular complexity index is 1230. The highest BCUT2D eigenvalue weighted by atomic mass is 35.5. The lowest BCUT2D eigenvalue weighted by molar-refractivity contribution is -0.135. The normalized spacial score (nSPS) is 20.0. The third-order valence-electron chi connectivity index (χ3n) is 6.37. The molecule has 6 nitrogen and oxygen atoms in total. The van der Waals surface area contributed by atoms with E-state index in [-0.39, 0.29) is 12.5 Å². The summed E-state index contributed by atoms with van der Waals surface area (Å²) >= 11 is 6.03. The van der Waals surface area contributed by atoms with Gasteiger partial charge in [-0.05, 0) is 47.2 Å². The fourth-order valence-electron chi connectivity index (χ4n) is 4.74. The number of carbonyl (C=O) groups is 3. The minimum atomic E-state index is -1.08. The van der Waals surface area contributed by atoms with Gasteiger partial charge in [-0.1, -0.05) is 78.3 Å². The molecule has 2 aliphatic rings. The van der Waals surface area contributed by atoms with Crippen molar-refractivity contribution in [2.75, 3.05) is 6.54 Å². The third kappa shape index (κ3) is 3.76. The standard InChI is InChI=1S/C26H22ClN3O3/c27-20-12-10-19(11-13-20)23(18-7-2-1-3-8-18)28-22(31)16-30-24(32)26(29-25(30)33)15-14-17-6-4-5-9-21(17)26/h1-13,23H,14-16H2,(H,28,31)(H,29,33)/t23-,26-/m0/s1. The molecule has 1 aliphatic heterocycles. The minimum absolute atomic E-state index is 0.356. The minimum Gasteiger partial charge on any atom is -0.344 e. The first-order chi connectivity index (χ1) is 16.0. The molecule has 3 aromatic rings. The van der Waals surface area contributed by atoms with Crippen molar-refractivity contribution >= 4 is 29.4 Å². The highest BCUT2D eigenvalue weighted by Crippen LogP contribution is 2.41. The monoisotopic (exact) mass is 459 g/mol. The molecule has 7 heteroatoms. The van der Waals surface area contributed by atoms with Crippen LogP contribution in [0.25, 0.3) is 0 Å². The highest BCUT2D eigenvalue weighted by molar-refractivity contribution is 6.30. The average molecular weight is 460 g/mol. The van der Waals surface area contributed by atoms with Crippen molar-refractivity contribution in [3.05, 3.63) is 106 Å². The Hall–Kier alpha value is -3.64. The van der Waals surface area contributed by atoms with Crippen LogP contribution < -0.4 is 10.6 Å². The molecule has 0 unspecified atom stereocenters. The third-order valence-corrected chi connectivity index (χ3v) is 6.62. The second-order valence-corrected chi connectivity index (χ2v) is 8.78. The van der Waals surface area contributed by atoms with E-state index in [4.69, 9.17) is 11.6 Å². The Kier molecular flexibility index (Phi) is 5.38. The molecule has 33 heavy (non-hydrogen) atoms. The Labute approximate surface area is 196 Å². The zero-order valence-corrected chi connectivity index (χ0v) is 18.5. The van der Waals surface area contributed by atoms with Gasteiger partial charge in [0.1, 0.15) is 12.1 Å². The molecule has 0 aromatic heterocycles. The van der Waals surface area contributed by atoms with E-state index in [1.807, 2.05) is 66.7 Å². The molecule has 0 bridgehead atoms. The van der Waals surface area contributed by atoms with Gasteiger partial charge >= 0.3 is 6.03 Å². The second kappa shape index (κ2) is 8.37. The maximum absolute atomic E-state index is 13.3. The van der Waals surface area contributed by atoms with Crippen molar-refractivity contribution in [2.24, 2.45) is 0 Å². The zero-order chi connectivity index (χ0) is 23.0. The number of amides is 4. The SMILES string of the molecule is O=C(CN1C(=O)N[C@]2(CCc3ccccc32)C1=O)N[C@@H](c1ccccc1)c1ccc(Cl)cc1. The van der Waals surface area contributed by atoms with Crippen LogP contribution in [-0.4, -0.2) is 29.3 Å². The Morgan fingerprint density at radius 2 is 1.64 bits per heavy atom. The second-order valence-electron chi connectivity index (χ2n) is 8.35. The van der Waals surface area contributed by atoms with Gasteiger partial charge in [-0.15, -0.1) is 0 Å². The largest absolute Gasteiger partial charge is 0.344 e. The van der Waals surface area contributed by atoms with Gasteiger partial charge in [0.15, 0.2) is 0 Å². The topological polar surface area (TPSA) is 78.5 Å². The molecule has 5 rings (SSSR count). The van der Waals surface area contributed by atoms with Gasteiger partial charge in [-0.3, -0.25) is 14.5 Å². The molecule has 1 aliphatic carbocycles. The van der Waals surface area contributed by atoms with Crippen LogP contribution in [0.15, 0.2) is 78.9 Å². The molecule has 2 N–H and O–H groups in total. The van der Waals surface area contributed by atoms with Crippen LogP contribution in [0.2, 0.25) is 5.02 Å². The fraction of sp³-hybridized carbons (Fsp3) is 0.192. The average Bonchev–Trinajstić information content (AvgIpc) is 3.32. The summed E-state index contributed by atoms with van der Waals surface area (Å²) in [4.78, 5) is 40.2. The van der Waals surface area contributed by atoms with Gasteiger partial charge < -0.3 is 10.6 Å². The molecular formula is C26H22ClN3O3. The number of hydrogen-bond acceptors (Lipinski definition) is 3. The van der Waals surface area contributed by atoms with Crippen LogP contribution in [0.4, 0.5) is 4.79 Å². The number of nitrogens with zero attached hydrogens (tertiary/aromatic N) is 1. The summed E-state index contributed by atoms with van der Waals surface area (Å²) in [6.07, 6.45) is 1.20.